The van der Waals surface area contributed by atoms with Crippen LogP contribution in [0.2, 0.25) is 0 Å². The first-order valence-electron chi connectivity index (χ1n) is 8.71. The Bertz CT molecular complexity index is 865. The molecule has 6 N–H and O–H groups in total. The molecule has 0 saturated carbocycles. The third-order valence-electron chi connectivity index (χ3n) is 4.48. The average molecular weight is 383 g/mol. The smallest absolute Gasteiger partial charge is 0.201 e. The second-order valence-corrected chi connectivity index (χ2v) is 6.37. The zero-order valence-electron chi connectivity index (χ0n) is 16.1. The van der Waals surface area contributed by atoms with Crippen molar-refractivity contribution in [2.24, 2.45) is 22.4 Å². The number of aliphatic hydroxyl groups is 1. The minimum absolute atomic E-state index is 0.137. The van der Waals surface area contributed by atoms with Gasteiger partial charge in [-0.1, -0.05) is 24.3 Å². The third-order valence-corrected chi connectivity index (χ3v) is 4.48. The molecule has 0 aromatic rings. The van der Waals surface area contributed by atoms with Crippen molar-refractivity contribution in [3.05, 3.63) is 58.5 Å². The molecule has 2 rings (SSSR count). The van der Waals surface area contributed by atoms with Crippen molar-refractivity contribution in [1.29, 1.82) is 10.7 Å². The van der Waals surface area contributed by atoms with Crippen molar-refractivity contribution in [2.45, 2.75) is 25.7 Å². The van der Waals surface area contributed by atoms with Crippen LogP contribution in [0.25, 0.3) is 0 Å². The van der Waals surface area contributed by atoms with Crippen LogP contribution >= 0.6 is 0 Å². The van der Waals surface area contributed by atoms with E-state index in [0.29, 0.717) is 23.1 Å². The molecule has 1 unspecified atom stereocenters. The van der Waals surface area contributed by atoms with Gasteiger partial charge in [0.2, 0.25) is 6.29 Å². The van der Waals surface area contributed by atoms with Gasteiger partial charge in [-0.25, -0.2) is 4.99 Å². The number of hydrogen-bond acceptors (Lipinski definition) is 8. The molecule has 0 aromatic carbocycles. The summed E-state index contributed by atoms with van der Waals surface area (Å²) in [7, 11) is 2.87. The number of methoxy groups -OCH3 is 2. The lowest BCUT2D eigenvalue weighted by Gasteiger charge is -2.30. The van der Waals surface area contributed by atoms with E-state index in [2.05, 4.69) is 11.1 Å². The number of rotatable bonds is 6. The highest BCUT2D eigenvalue weighted by molar-refractivity contribution is 6.16. The van der Waals surface area contributed by atoms with Crippen LogP contribution in [0.5, 0.6) is 0 Å². The summed E-state index contributed by atoms with van der Waals surface area (Å²) in [6.45, 7) is 1.68. The van der Waals surface area contributed by atoms with E-state index >= 15 is 0 Å². The number of nitrogens with zero attached hydrogens (tertiary/aromatic N) is 2. The summed E-state index contributed by atoms with van der Waals surface area (Å²) in [6.07, 6.45) is 7.41. The highest BCUT2D eigenvalue weighted by Gasteiger charge is 2.37. The summed E-state index contributed by atoms with van der Waals surface area (Å²) in [5.41, 5.74) is 14.2. The molecule has 0 spiro atoms. The fraction of sp³-hybridized carbons (Fsp3) is 0.350. The van der Waals surface area contributed by atoms with Gasteiger partial charge < -0.3 is 26.0 Å². The molecule has 0 bridgehead atoms. The van der Waals surface area contributed by atoms with Crippen molar-refractivity contribution in [2.75, 3.05) is 14.2 Å². The number of allylic oxidation sites excluding steroid dienone is 6. The van der Waals surface area contributed by atoms with Gasteiger partial charge in [-0.2, -0.15) is 5.26 Å². The molecule has 1 aliphatic carbocycles. The highest BCUT2D eigenvalue weighted by atomic mass is 16.7. The largest absolute Gasteiger partial charge is 0.404 e. The zero-order valence-corrected chi connectivity index (χ0v) is 16.1. The number of amidine groups is 1. The van der Waals surface area contributed by atoms with Gasteiger partial charge in [0, 0.05) is 26.0 Å². The Balaban J connectivity index is 2.60. The lowest BCUT2D eigenvalue weighted by molar-refractivity contribution is -0.0761. The summed E-state index contributed by atoms with van der Waals surface area (Å²) >= 11 is 0. The van der Waals surface area contributed by atoms with E-state index in [0.717, 1.165) is 0 Å². The van der Waals surface area contributed by atoms with Gasteiger partial charge in [-0.15, -0.1) is 0 Å². The van der Waals surface area contributed by atoms with Gasteiger partial charge in [-0.05, 0) is 24.5 Å². The second kappa shape index (κ2) is 9.28. The molecule has 2 atom stereocenters. The van der Waals surface area contributed by atoms with Crippen molar-refractivity contribution in [3.8, 4) is 6.07 Å². The first kappa shape index (κ1) is 21.3. The minimum Gasteiger partial charge on any atom is -0.404 e. The van der Waals surface area contributed by atoms with Crippen LogP contribution in [0.1, 0.15) is 13.3 Å². The maximum Gasteiger partial charge on any atom is 0.201 e. The fourth-order valence-corrected chi connectivity index (χ4v) is 3.13. The normalized spacial score (nSPS) is 23.9. The highest BCUT2D eigenvalue weighted by Crippen LogP contribution is 2.38. The van der Waals surface area contributed by atoms with Gasteiger partial charge in [0.05, 0.1) is 29.4 Å². The zero-order chi connectivity index (χ0) is 20.8. The van der Waals surface area contributed by atoms with E-state index in [9.17, 15) is 10.4 Å². The predicted molar refractivity (Wildman–Crippen MR) is 107 cm³/mol. The summed E-state index contributed by atoms with van der Waals surface area (Å²) in [5, 5.41) is 28.0. The Labute approximate surface area is 164 Å². The lowest BCUT2D eigenvalue weighted by Crippen LogP contribution is -2.34. The molecule has 8 nitrogen and oxygen atoms in total. The summed E-state index contributed by atoms with van der Waals surface area (Å²) in [6, 6.07) is 2.16. The van der Waals surface area contributed by atoms with Crippen LogP contribution in [-0.2, 0) is 9.47 Å². The quantitative estimate of drug-likeness (QED) is 0.509. The van der Waals surface area contributed by atoms with Gasteiger partial charge in [0.1, 0.15) is 11.5 Å². The summed E-state index contributed by atoms with van der Waals surface area (Å²) in [4.78, 5) is 4.27. The second-order valence-electron chi connectivity index (χ2n) is 6.37. The Morgan fingerprint density at radius 1 is 1.43 bits per heavy atom. The van der Waals surface area contributed by atoms with Crippen LogP contribution < -0.4 is 11.5 Å². The third kappa shape index (κ3) is 4.12. The number of hydrogen-bond donors (Lipinski definition) is 4. The Morgan fingerprint density at radius 3 is 2.64 bits per heavy atom. The molecule has 0 radical (unpaired) electrons. The Morgan fingerprint density at radius 2 is 2.11 bits per heavy atom. The van der Waals surface area contributed by atoms with E-state index in [4.69, 9.17) is 26.4 Å². The molecule has 0 fully saturated rings. The SMILES string of the molecule is COC(OC)C1=C(C#N)C(C2=CC=C/C(=C\C[C@@H](C)O)C2=N)/C(=C/N)C(N)=N1. The molecule has 8 heteroatoms. The Hall–Kier alpha value is -2.99. The maximum absolute atomic E-state index is 9.87. The molecule has 0 aromatic heterocycles. The number of nitrogens with one attached hydrogen (secondary N) is 1. The van der Waals surface area contributed by atoms with Crippen LogP contribution in [0.15, 0.2) is 63.5 Å². The van der Waals surface area contributed by atoms with Crippen LogP contribution in [0.4, 0.5) is 0 Å². The maximum atomic E-state index is 9.87. The van der Waals surface area contributed by atoms with Crippen LogP contribution in [-0.4, -0.2) is 43.3 Å². The molecular weight excluding hydrogens is 358 g/mol. The van der Waals surface area contributed by atoms with Crippen molar-refractivity contribution in [3.63, 3.8) is 0 Å². The van der Waals surface area contributed by atoms with E-state index in [1.165, 1.54) is 20.4 Å². The average Bonchev–Trinajstić information content (AvgIpc) is 2.67. The number of nitrogens with two attached hydrogens (primary N) is 2. The van der Waals surface area contributed by atoms with Crippen LogP contribution in [0.3, 0.4) is 0 Å². The topological polar surface area (TPSA) is 151 Å². The van der Waals surface area contributed by atoms with Gasteiger partial charge in [-0.3, -0.25) is 5.41 Å². The number of ether oxygens (including phenoxy) is 2. The number of nitriles is 1. The molecule has 1 aliphatic heterocycles. The standard InChI is InChI=1S/C20H25N5O3/c1-11(26)7-8-12-5-4-6-13(17(12)23)16-14(9-21)18(20(27-2)28-3)25-19(24)15(16)10-22/h4-6,8,10-11,16,20,23,26H,7,22H2,1-3H3,(H2,24,25)/b12-8+,15-10-,23-17?/t11-,16?/m1/s1. The van der Waals surface area contributed by atoms with Crippen LogP contribution in [0, 0.1) is 22.7 Å². The van der Waals surface area contributed by atoms with E-state index < -0.39 is 18.3 Å². The van der Waals surface area contributed by atoms with Gasteiger partial charge in [0.25, 0.3) is 0 Å². The van der Waals surface area contributed by atoms with Gasteiger partial charge >= 0.3 is 0 Å². The molecule has 148 valence electrons. The molecule has 2 aliphatic rings. The van der Waals surface area contributed by atoms with E-state index in [-0.39, 0.29) is 22.8 Å². The van der Waals surface area contributed by atoms with E-state index in [1.807, 2.05) is 0 Å². The first-order valence-corrected chi connectivity index (χ1v) is 8.71. The molecular formula is C20H25N5O3. The Kier molecular flexibility index (Phi) is 7.06. The minimum atomic E-state index is -0.880. The molecule has 0 saturated heterocycles. The number of aliphatic imine (C=N–C) groups is 1. The first-order chi connectivity index (χ1) is 13.4. The molecule has 0 amide bonds. The van der Waals surface area contributed by atoms with E-state index in [1.54, 1.807) is 31.2 Å². The lowest BCUT2D eigenvalue weighted by atomic mass is 9.76. The van der Waals surface area contributed by atoms with Crippen molar-refractivity contribution >= 4 is 11.5 Å². The van der Waals surface area contributed by atoms with Crippen molar-refractivity contribution < 1.29 is 14.6 Å². The monoisotopic (exact) mass is 383 g/mol. The van der Waals surface area contributed by atoms with Gasteiger partial charge in [0.15, 0.2) is 0 Å². The molecule has 28 heavy (non-hydrogen) atoms. The fourth-order valence-electron chi connectivity index (χ4n) is 3.13. The summed E-state index contributed by atoms with van der Waals surface area (Å²) < 4.78 is 10.5. The molecule has 1 heterocycles. The predicted octanol–water partition coefficient (Wildman–Crippen LogP) is 1.43. The number of aliphatic hydroxyl groups excluding tert-OH is 1. The summed E-state index contributed by atoms with van der Waals surface area (Å²) in [5.74, 6) is -0.541. The van der Waals surface area contributed by atoms with Crippen molar-refractivity contribution in [1.82, 2.24) is 0 Å².